The summed E-state index contributed by atoms with van der Waals surface area (Å²) in [5.74, 6) is 2.23. The zero-order valence-corrected chi connectivity index (χ0v) is 22.4. The molecule has 1 aliphatic heterocycles. The number of rotatable bonds is 11. The Kier molecular flexibility index (Phi) is 10.4. The van der Waals surface area contributed by atoms with Crippen LogP contribution in [-0.2, 0) is 9.53 Å². The van der Waals surface area contributed by atoms with Crippen LogP contribution in [0.15, 0.2) is 36.4 Å². The van der Waals surface area contributed by atoms with Gasteiger partial charge in [0.15, 0.2) is 23.2 Å². The molecule has 0 spiro atoms. The molecule has 1 amide bonds. The van der Waals surface area contributed by atoms with Crippen molar-refractivity contribution < 1.29 is 28.5 Å². The maximum Gasteiger partial charge on any atom is 0.266 e. The lowest BCUT2D eigenvalue weighted by Crippen LogP contribution is -2.40. The normalized spacial score (nSPS) is 13.6. The third-order valence-corrected chi connectivity index (χ3v) is 6.90. The molecule has 0 N–H and O–H groups in total. The summed E-state index contributed by atoms with van der Waals surface area (Å²) in [7, 11) is 4.80. The van der Waals surface area contributed by atoms with Gasteiger partial charge in [-0.25, -0.2) is 4.98 Å². The molecule has 2 heterocycles. The quantitative estimate of drug-likeness (QED) is 0.364. The van der Waals surface area contributed by atoms with E-state index in [9.17, 15) is 4.79 Å². The molecule has 0 radical (unpaired) electrons. The van der Waals surface area contributed by atoms with Crippen molar-refractivity contribution in [3.05, 3.63) is 36.4 Å². The number of anilines is 1. The van der Waals surface area contributed by atoms with Crippen molar-refractivity contribution in [2.75, 3.05) is 72.2 Å². The summed E-state index contributed by atoms with van der Waals surface area (Å²) in [4.78, 5) is 22.2. The van der Waals surface area contributed by atoms with E-state index in [2.05, 4.69) is 4.90 Å². The Labute approximate surface area is 221 Å². The Morgan fingerprint density at radius 2 is 1.67 bits per heavy atom. The fourth-order valence-corrected chi connectivity index (χ4v) is 5.07. The third kappa shape index (κ3) is 6.50. The van der Waals surface area contributed by atoms with Crippen LogP contribution in [0.25, 0.3) is 10.2 Å². The number of fused-ring (bicyclic) bond motifs is 1. The zero-order valence-electron chi connectivity index (χ0n) is 20.7. The standard InChI is InChI=1S/C25H31N3O6S.ClH/c1-30-18-7-4-5-8-19(18)34-17-22(29)28(12-6-11-27-13-15-33-16-14-27)25-26-23-20(31-2)9-10-21(32-3)24(23)35-25;/h4-5,7-10H,6,11-17H2,1-3H3;1H. The molecule has 0 aliphatic carbocycles. The average molecular weight is 538 g/mol. The van der Waals surface area contributed by atoms with Crippen LogP contribution in [0.4, 0.5) is 5.13 Å². The first-order valence-electron chi connectivity index (χ1n) is 11.5. The molecular formula is C25H32ClN3O6S. The van der Waals surface area contributed by atoms with Gasteiger partial charge in [0.05, 0.1) is 34.5 Å². The number of ether oxygens (including phenoxy) is 5. The first-order valence-corrected chi connectivity index (χ1v) is 12.3. The largest absolute Gasteiger partial charge is 0.495 e. The van der Waals surface area contributed by atoms with E-state index in [0.29, 0.717) is 40.2 Å². The van der Waals surface area contributed by atoms with E-state index in [1.54, 1.807) is 38.4 Å². The van der Waals surface area contributed by atoms with E-state index in [1.807, 2.05) is 24.3 Å². The number of benzene rings is 2. The van der Waals surface area contributed by atoms with Gasteiger partial charge in [0, 0.05) is 26.2 Å². The highest BCUT2D eigenvalue weighted by Crippen LogP contribution is 2.40. The van der Waals surface area contributed by atoms with Crippen LogP contribution < -0.4 is 23.8 Å². The molecule has 36 heavy (non-hydrogen) atoms. The summed E-state index contributed by atoms with van der Waals surface area (Å²) in [5.41, 5.74) is 0.670. The molecule has 0 unspecified atom stereocenters. The van der Waals surface area contributed by atoms with Crippen LogP contribution in [0.1, 0.15) is 6.42 Å². The van der Waals surface area contributed by atoms with Crippen molar-refractivity contribution in [2.45, 2.75) is 6.42 Å². The second-order valence-electron chi connectivity index (χ2n) is 7.94. The summed E-state index contributed by atoms with van der Waals surface area (Å²) in [5, 5.41) is 0.582. The average Bonchev–Trinajstić information content (AvgIpc) is 3.35. The summed E-state index contributed by atoms with van der Waals surface area (Å²) < 4.78 is 28.5. The molecule has 9 nitrogen and oxygen atoms in total. The van der Waals surface area contributed by atoms with Gasteiger partial charge in [-0.15, -0.1) is 12.4 Å². The van der Waals surface area contributed by atoms with Gasteiger partial charge in [-0.05, 0) is 30.7 Å². The molecule has 4 rings (SSSR count). The van der Waals surface area contributed by atoms with Crippen molar-refractivity contribution in [3.8, 4) is 23.0 Å². The molecule has 1 aliphatic rings. The van der Waals surface area contributed by atoms with Gasteiger partial charge in [0.1, 0.15) is 21.7 Å². The van der Waals surface area contributed by atoms with E-state index < -0.39 is 0 Å². The van der Waals surface area contributed by atoms with Gasteiger partial charge in [-0.2, -0.15) is 0 Å². The Bertz CT molecular complexity index is 1100. The minimum atomic E-state index is -0.185. The maximum absolute atomic E-state index is 13.4. The molecule has 1 saturated heterocycles. The molecule has 0 atom stereocenters. The van der Waals surface area contributed by atoms with Gasteiger partial charge in [0.25, 0.3) is 5.91 Å². The Morgan fingerprint density at radius 3 is 2.36 bits per heavy atom. The number of halogens is 1. The summed E-state index contributed by atoms with van der Waals surface area (Å²) in [6, 6.07) is 10.9. The first kappa shape index (κ1) is 27.8. The lowest BCUT2D eigenvalue weighted by Gasteiger charge is -2.27. The number of thiazole rings is 1. The molecule has 11 heteroatoms. The number of carbonyl (C=O) groups is 1. The van der Waals surface area contributed by atoms with Crippen molar-refractivity contribution in [1.29, 1.82) is 0 Å². The predicted molar refractivity (Wildman–Crippen MR) is 143 cm³/mol. The highest BCUT2D eigenvalue weighted by atomic mass is 35.5. The van der Waals surface area contributed by atoms with E-state index in [4.69, 9.17) is 28.7 Å². The van der Waals surface area contributed by atoms with E-state index >= 15 is 0 Å². The summed E-state index contributed by atoms with van der Waals surface area (Å²) in [6.45, 7) is 4.54. The van der Waals surface area contributed by atoms with Crippen LogP contribution in [0.5, 0.6) is 23.0 Å². The summed E-state index contributed by atoms with van der Waals surface area (Å²) in [6.07, 6.45) is 0.796. The number of hydrogen-bond donors (Lipinski definition) is 0. The van der Waals surface area contributed by atoms with Gasteiger partial charge >= 0.3 is 0 Å². The van der Waals surface area contributed by atoms with Gasteiger partial charge in [-0.1, -0.05) is 23.5 Å². The third-order valence-electron chi connectivity index (χ3n) is 5.81. The SMILES string of the molecule is COc1ccccc1OCC(=O)N(CCCN1CCOCC1)c1nc2c(OC)ccc(OC)c2s1.Cl. The fourth-order valence-electron chi connectivity index (χ4n) is 3.95. The fraction of sp³-hybridized carbons (Fsp3) is 0.440. The summed E-state index contributed by atoms with van der Waals surface area (Å²) >= 11 is 1.40. The number of nitrogens with zero attached hydrogens (tertiary/aromatic N) is 3. The smallest absolute Gasteiger partial charge is 0.266 e. The molecule has 1 aromatic heterocycles. The van der Waals surface area contributed by atoms with E-state index in [0.717, 1.165) is 44.0 Å². The van der Waals surface area contributed by atoms with Gasteiger partial charge < -0.3 is 23.7 Å². The van der Waals surface area contributed by atoms with Crippen LogP contribution in [0.3, 0.4) is 0 Å². The first-order chi connectivity index (χ1) is 17.1. The lowest BCUT2D eigenvalue weighted by atomic mass is 10.3. The minimum Gasteiger partial charge on any atom is -0.495 e. The van der Waals surface area contributed by atoms with Crippen molar-refractivity contribution in [2.24, 2.45) is 0 Å². The molecule has 0 saturated carbocycles. The highest BCUT2D eigenvalue weighted by molar-refractivity contribution is 7.22. The Hall–Kier alpha value is -2.79. The minimum absolute atomic E-state index is 0. The van der Waals surface area contributed by atoms with Crippen LogP contribution in [-0.4, -0.2) is 83.1 Å². The number of morpholine rings is 1. The van der Waals surface area contributed by atoms with Crippen LogP contribution >= 0.6 is 23.7 Å². The number of carbonyl (C=O) groups excluding carboxylic acids is 1. The molecule has 0 bridgehead atoms. The predicted octanol–water partition coefficient (Wildman–Crippen LogP) is 3.88. The maximum atomic E-state index is 13.4. The van der Waals surface area contributed by atoms with Crippen molar-refractivity contribution >= 4 is 45.0 Å². The van der Waals surface area contributed by atoms with Gasteiger partial charge in [-0.3, -0.25) is 14.6 Å². The van der Waals surface area contributed by atoms with E-state index in [1.165, 1.54) is 11.3 Å². The lowest BCUT2D eigenvalue weighted by molar-refractivity contribution is -0.120. The van der Waals surface area contributed by atoms with Crippen molar-refractivity contribution in [1.82, 2.24) is 9.88 Å². The molecule has 196 valence electrons. The number of amides is 1. The van der Waals surface area contributed by atoms with Crippen LogP contribution in [0.2, 0.25) is 0 Å². The van der Waals surface area contributed by atoms with Crippen LogP contribution in [0, 0.1) is 0 Å². The molecule has 3 aromatic rings. The monoisotopic (exact) mass is 537 g/mol. The Morgan fingerprint density at radius 1 is 1.00 bits per heavy atom. The second-order valence-corrected chi connectivity index (χ2v) is 8.91. The van der Waals surface area contributed by atoms with Gasteiger partial charge in [0.2, 0.25) is 0 Å². The topological polar surface area (TPSA) is 82.6 Å². The Balaban J connectivity index is 0.00000361. The molecular weight excluding hydrogens is 506 g/mol. The van der Waals surface area contributed by atoms with E-state index in [-0.39, 0.29) is 24.9 Å². The number of methoxy groups -OCH3 is 3. The zero-order chi connectivity index (χ0) is 24.6. The molecule has 1 fully saturated rings. The second kappa shape index (κ2) is 13.5. The number of aromatic nitrogens is 1. The highest BCUT2D eigenvalue weighted by Gasteiger charge is 2.24. The molecule has 2 aromatic carbocycles. The van der Waals surface area contributed by atoms with Crippen molar-refractivity contribution in [3.63, 3.8) is 0 Å². The number of para-hydroxylation sites is 2. The number of hydrogen-bond acceptors (Lipinski definition) is 9.